The lowest BCUT2D eigenvalue weighted by Gasteiger charge is -2.25. The summed E-state index contributed by atoms with van der Waals surface area (Å²) in [4.78, 5) is 16.2. The lowest BCUT2D eigenvalue weighted by atomic mass is 10.2. The van der Waals surface area contributed by atoms with Crippen molar-refractivity contribution in [3.8, 4) is 0 Å². The Balaban J connectivity index is 2.04. The van der Waals surface area contributed by atoms with E-state index in [0.717, 1.165) is 12.1 Å². The van der Waals surface area contributed by atoms with Crippen LogP contribution in [0.2, 0.25) is 5.02 Å². The average molecular weight is 470 g/mol. The van der Waals surface area contributed by atoms with Crippen molar-refractivity contribution in [1.29, 1.82) is 0 Å². The molecule has 3 rings (SSSR count). The van der Waals surface area contributed by atoms with Gasteiger partial charge >= 0.3 is 6.18 Å². The number of hydrogen-bond acceptors (Lipinski definition) is 4. The molecule has 0 radical (unpaired) electrons. The Morgan fingerprint density at radius 2 is 1.77 bits per heavy atom. The van der Waals surface area contributed by atoms with Gasteiger partial charge in [-0.25, -0.2) is 8.42 Å². The number of nitrogens with one attached hydrogen (secondary N) is 1. The third-order valence-electron chi connectivity index (χ3n) is 4.11. The van der Waals surface area contributed by atoms with Crippen LogP contribution >= 0.6 is 11.6 Å². The molecule has 31 heavy (non-hydrogen) atoms. The number of aromatic nitrogens is 1. The molecule has 0 aliphatic heterocycles. The van der Waals surface area contributed by atoms with Crippen LogP contribution in [0.25, 0.3) is 0 Å². The Morgan fingerprint density at radius 3 is 2.39 bits per heavy atom. The Kier molecular flexibility index (Phi) is 6.51. The molecule has 0 fully saturated rings. The van der Waals surface area contributed by atoms with E-state index in [4.69, 9.17) is 11.6 Å². The Hall–Kier alpha value is -3.11. The van der Waals surface area contributed by atoms with Crippen LogP contribution in [0.4, 0.5) is 24.5 Å². The minimum atomic E-state index is -4.81. The maximum atomic E-state index is 13.3. The van der Waals surface area contributed by atoms with Gasteiger partial charge in [-0.2, -0.15) is 13.2 Å². The molecule has 0 aliphatic rings. The van der Waals surface area contributed by atoms with E-state index in [1.165, 1.54) is 42.7 Å². The van der Waals surface area contributed by atoms with E-state index in [1.54, 1.807) is 12.1 Å². The van der Waals surface area contributed by atoms with Crippen LogP contribution in [0, 0.1) is 0 Å². The van der Waals surface area contributed by atoms with Crippen LogP contribution in [-0.4, -0.2) is 25.9 Å². The van der Waals surface area contributed by atoms with E-state index in [9.17, 15) is 26.4 Å². The van der Waals surface area contributed by atoms with Crippen LogP contribution < -0.4 is 9.62 Å². The molecular weight excluding hydrogens is 455 g/mol. The van der Waals surface area contributed by atoms with Gasteiger partial charge in [-0.15, -0.1) is 0 Å². The molecule has 0 aliphatic carbocycles. The summed E-state index contributed by atoms with van der Waals surface area (Å²) in [5, 5.41) is 1.88. The summed E-state index contributed by atoms with van der Waals surface area (Å²) in [6, 6.07) is 12.8. The lowest BCUT2D eigenvalue weighted by molar-refractivity contribution is -0.137. The van der Waals surface area contributed by atoms with E-state index in [1.807, 2.05) is 0 Å². The summed E-state index contributed by atoms with van der Waals surface area (Å²) in [5.74, 6) is -0.768. The highest BCUT2D eigenvalue weighted by Gasteiger charge is 2.35. The van der Waals surface area contributed by atoms with Crippen molar-refractivity contribution in [1.82, 2.24) is 4.98 Å². The molecule has 0 unspecified atom stereocenters. The fraction of sp³-hybridized carbons (Fsp3) is 0.100. The summed E-state index contributed by atoms with van der Waals surface area (Å²) in [5.41, 5.74) is -1.27. The van der Waals surface area contributed by atoms with Crippen molar-refractivity contribution in [3.05, 3.63) is 83.6 Å². The fourth-order valence-corrected chi connectivity index (χ4v) is 4.35. The van der Waals surface area contributed by atoms with Gasteiger partial charge in [0.1, 0.15) is 6.54 Å². The number of nitrogens with zero attached hydrogens (tertiary/aromatic N) is 2. The van der Waals surface area contributed by atoms with Crippen molar-refractivity contribution in [3.63, 3.8) is 0 Å². The predicted octanol–water partition coefficient (Wildman–Crippen LogP) is 4.59. The Morgan fingerprint density at radius 1 is 1.06 bits per heavy atom. The summed E-state index contributed by atoms with van der Waals surface area (Å²) in [6.07, 6.45) is -1.99. The first-order chi connectivity index (χ1) is 14.6. The van der Waals surface area contributed by atoms with Gasteiger partial charge in [0.15, 0.2) is 0 Å². The second-order valence-corrected chi connectivity index (χ2v) is 8.55. The van der Waals surface area contributed by atoms with Crippen LogP contribution in [0.3, 0.4) is 0 Å². The number of alkyl halides is 3. The van der Waals surface area contributed by atoms with Gasteiger partial charge in [-0.3, -0.25) is 14.1 Å². The number of pyridine rings is 1. The molecule has 11 heteroatoms. The minimum Gasteiger partial charge on any atom is -0.323 e. The van der Waals surface area contributed by atoms with Gasteiger partial charge in [0, 0.05) is 6.20 Å². The highest BCUT2D eigenvalue weighted by Crippen LogP contribution is 2.38. The molecule has 6 nitrogen and oxygen atoms in total. The third kappa shape index (κ3) is 5.33. The standard InChI is InChI=1S/C20H15ClF3N3O3S/c21-18-9-8-15(11-17(18)20(22,23)24)27(31(29,30)16-6-2-1-3-7-16)13-19(28)26-14-5-4-10-25-12-14/h1-12H,13H2,(H,26,28). The molecule has 2 aromatic carbocycles. The van der Waals surface area contributed by atoms with E-state index >= 15 is 0 Å². The SMILES string of the molecule is O=C(CN(c1ccc(Cl)c(C(F)(F)F)c1)S(=O)(=O)c1ccccc1)Nc1cccnc1. The highest BCUT2D eigenvalue weighted by molar-refractivity contribution is 7.92. The number of carbonyl (C=O) groups is 1. The van der Waals surface area contributed by atoms with E-state index in [0.29, 0.717) is 16.1 Å². The van der Waals surface area contributed by atoms with E-state index in [2.05, 4.69) is 10.3 Å². The first-order valence-corrected chi connectivity index (χ1v) is 10.6. The predicted molar refractivity (Wildman–Crippen MR) is 110 cm³/mol. The number of rotatable bonds is 6. The number of halogens is 4. The van der Waals surface area contributed by atoms with Gasteiger partial charge in [-0.05, 0) is 42.5 Å². The molecule has 0 saturated heterocycles. The molecule has 0 spiro atoms. The Labute approximate surface area is 181 Å². The normalized spacial score (nSPS) is 11.7. The topological polar surface area (TPSA) is 79.4 Å². The third-order valence-corrected chi connectivity index (χ3v) is 6.22. The molecular formula is C20H15ClF3N3O3S. The first-order valence-electron chi connectivity index (χ1n) is 8.73. The molecule has 1 heterocycles. The lowest BCUT2D eigenvalue weighted by Crippen LogP contribution is -2.38. The molecule has 0 atom stereocenters. The Bertz CT molecular complexity index is 1170. The van der Waals surface area contributed by atoms with Gasteiger partial charge in [0.25, 0.3) is 10.0 Å². The van der Waals surface area contributed by atoms with Crippen molar-refractivity contribution in [2.45, 2.75) is 11.1 Å². The number of carbonyl (C=O) groups excluding carboxylic acids is 1. The largest absolute Gasteiger partial charge is 0.417 e. The fourth-order valence-electron chi connectivity index (χ4n) is 2.69. The number of sulfonamides is 1. The zero-order valence-electron chi connectivity index (χ0n) is 15.7. The summed E-state index contributed by atoms with van der Waals surface area (Å²) in [6.45, 7) is -0.773. The number of anilines is 2. The maximum absolute atomic E-state index is 13.3. The van der Waals surface area contributed by atoms with Gasteiger partial charge < -0.3 is 5.32 Å². The number of hydrogen-bond donors (Lipinski definition) is 1. The van der Waals surface area contributed by atoms with E-state index in [-0.39, 0.29) is 10.6 Å². The average Bonchev–Trinajstić information content (AvgIpc) is 2.73. The number of benzene rings is 2. The molecule has 1 aromatic heterocycles. The zero-order valence-corrected chi connectivity index (χ0v) is 17.2. The maximum Gasteiger partial charge on any atom is 0.417 e. The van der Waals surface area contributed by atoms with Crippen LogP contribution in [-0.2, 0) is 21.0 Å². The molecule has 3 aromatic rings. The monoisotopic (exact) mass is 469 g/mol. The quantitative estimate of drug-likeness (QED) is 0.572. The number of amides is 1. The summed E-state index contributed by atoms with van der Waals surface area (Å²) >= 11 is 5.66. The molecule has 0 saturated carbocycles. The first kappa shape index (κ1) is 22.6. The smallest absolute Gasteiger partial charge is 0.323 e. The van der Waals surface area contributed by atoms with Crippen LogP contribution in [0.1, 0.15) is 5.56 Å². The molecule has 162 valence electrons. The van der Waals surface area contributed by atoms with E-state index < -0.39 is 39.2 Å². The van der Waals surface area contributed by atoms with Gasteiger partial charge in [0.05, 0.1) is 33.1 Å². The summed E-state index contributed by atoms with van der Waals surface area (Å²) < 4.78 is 66.9. The second kappa shape index (κ2) is 8.94. The highest BCUT2D eigenvalue weighted by atomic mass is 35.5. The minimum absolute atomic E-state index is 0.187. The van der Waals surface area contributed by atoms with Crippen molar-refractivity contribution in [2.75, 3.05) is 16.2 Å². The van der Waals surface area contributed by atoms with Crippen molar-refractivity contribution in [2.24, 2.45) is 0 Å². The van der Waals surface area contributed by atoms with Gasteiger partial charge in [0.2, 0.25) is 5.91 Å². The van der Waals surface area contributed by atoms with Crippen molar-refractivity contribution >= 4 is 38.9 Å². The van der Waals surface area contributed by atoms with Crippen LogP contribution in [0.5, 0.6) is 0 Å². The van der Waals surface area contributed by atoms with Crippen LogP contribution in [0.15, 0.2) is 78.0 Å². The second-order valence-electron chi connectivity index (χ2n) is 6.28. The molecule has 0 bridgehead atoms. The van der Waals surface area contributed by atoms with Gasteiger partial charge in [-0.1, -0.05) is 29.8 Å². The zero-order chi connectivity index (χ0) is 22.6. The van der Waals surface area contributed by atoms with Crippen molar-refractivity contribution < 1.29 is 26.4 Å². The molecule has 1 N–H and O–H groups in total. The molecule has 1 amide bonds. The summed E-state index contributed by atoms with van der Waals surface area (Å²) in [7, 11) is -4.37.